The summed E-state index contributed by atoms with van der Waals surface area (Å²) >= 11 is 0. The summed E-state index contributed by atoms with van der Waals surface area (Å²) in [4.78, 5) is 14.0. The van der Waals surface area contributed by atoms with Crippen molar-refractivity contribution >= 4 is 11.6 Å². The fourth-order valence-electron chi connectivity index (χ4n) is 3.82. The maximum atomic E-state index is 4.68. The van der Waals surface area contributed by atoms with Crippen LogP contribution in [0.4, 0.5) is 5.82 Å². The van der Waals surface area contributed by atoms with Gasteiger partial charge in [-0.1, -0.05) is 42.5 Å². The van der Waals surface area contributed by atoms with E-state index in [9.17, 15) is 0 Å². The van der Waals surface area contributed by atoms with Crippen molar-refractivity contribution < 1.29 is 0 Å². The van der Waals surface area contributed by atoms with Gasteiger partial charge < -0.3 is 4.90 Å². The van der Waals surface area contributed by atoms with E-state index in [0.717, 1.165) is 43.3 Å². The summed E-state index contributed by atoms with van der Waals surface area (Å²) in [7, 11) is 0. The number of benzene rings is 1. The van der Waals surface area contributed by atoms with Gasteiger partial charge in [0.15, 0.2) is 0 Å². The molecule has 6 heteroatoms. The molecule has 0 saturated carbocycles. The van der Waals surface area contributed by atoms with E-state index in [1.807, 2.05) is 22.7 Å². The van der Waals surface area contributed by atoms with Crippen molar-refractivity contribution in [2.75, 3.05) is 31.1 Å². The Morgan fingerprint density at radius 1 is 1.04 bits per heavy atom. The van der Waals surface area contributed by atoms with E-state index in [-0.39, 0.29) is 0 Å². The van der Waals surface area contributed by atoms with Crippen LogP contribution in [0.25, 0.3) is 17.0 Å². The molecule has 4 heterocycles. The summed E-state index contributed by atoms with van der Waals surface area (Å²) in [5, 5.41) is 4.40. The summed E-state index contributed by atoms with van der Waals surface area (Å²) < 4.78 is 1.86. The quantitative estimate of drug-likeness (QED) is 0.689. The average Bonchev–Trinajstić information content (AvgIpc) is 3.41. The minimum absolute atomic E-state index is 0.599. The second-order valence-electron chi connectivity index (χ2n) is 6.65. The van der Waals surface area contributed by atoms with Gasteiger partial charge in [-0.05, 0) is 6.42 Å². The van der Waals surface area contributed by atoms with E-state index in [0.29, 0.717) is 11.8 Å². The average molecular weight is 332 g/mol. The van der Waals surface area contributed by atoms with Gasteiger partial charge in [0.1, 0.15) is 12.1 Å². The van der Waals surface area contributed by atoms with Gasteiger partial charge in [0.2, 0.25) is 0 Å². The van der Waals surface area contributed by atoms with E-state index in [1.54, 1.807) is 6.33 Å². The molecule has 6 nitrogen and oxygen atoms in total. The lowest BCUT2D eigenvalue weighted by molar-refractivity contribution is 0.271. The first kappa shape index (κ1) is 14.6. The molecule has 3 aromatic rings. The molecule has 0 unspecified atom stereocenters. The van der Waals surface area contributed by atoms with Gasteiger partial charge in [-0.15, -0.1) is 0 Å². The van der Waals surface area contributed by atoms with Gasteiger partial charge in [0, 0.05) is 43.9 Å². The lowest BCUT2D eigenvalue weighted by atomic mass is 10.1. The first-order valence-electron chi connectivity index (χ1n) is 8.79. The molecule has 1 atom stereocenters. The number of hydrogen-bond donors (Lipinski definition) is 0. The molecule has 25 heavy (non-hydrogen) atoms. The molecule has 0 amide bonds. The molecule has 126 valence electrons. The largest absolute Gasteiger partial charge is 0.355 e. The van der Waals surface area contributed by atoms with Crippen molar-refractivity contribution in [3.63, 3.8) is 0 Å². The number of hydrogen-bond acceptors (Lipinski definition) is 5. The van der Waals surface area contributed by atoms with Crippen LogP contribution in [0.5, 0.6) is 0 Å². The zero-order chi connectivity index (χ0) is 16.6. The number of anilines is 1. The van der Waals surface area contributed by atoms with Gasteiger partial charge >= 0.3 is 0 Å². The third kappa shape index (κ3) is 2.59. The van der Waals surface area contributed by atoms with Crippen LogP contribution in [-0.4, -0.2) is 56.7 Å². The van der Waals surface area contributed by atoms with Crippen molar-refractivity contribution in [3.8, 4) is 11.3 Å². The molecule has 0 radical (unpaired) electrons. The van der Waals surface area contributed by atoms with Crippen LogP contribution in [0, 0.1) is 0 Å². The molecule has 0 N–H and O–H groups in total. The molecular weight excluding hydrogens is 312 g/mol. The molecule has 1 saturated heterocycles. The summed E-state index contributed by atoms with van der Waals surface area (Å²) in [6.45, 7) is 4.20. The minimum Gasteiger partial charge on any atom is -0.355 e. The van der Waals surface area contributed by atoms with E-state index >= 15 is 0 Å². The monoisotopic (exact) mass is 332 g/mol. The van der Waals surface area contributed by atoms with Gasteiger partial charge in [0.05, 0.1) is 5.69 Å². The third-order valence-electron chi connectivity index (χ3n) is 5.15. The van der Waals surface area contributed by atoms with Crippen LogP contribution in [0.3, 0.4) is 0 Å². The topological polar surface area (TPSA) is 49.6 Å². The number of rotatable bonds is 3. The predicted octanol–water partition coefficient (Wildman–Crippen LogP) is 2.24. The Morgan fingerprint density at radius 2 is 1.88 bits per heavy atom. The van der Waals surface area contributed by atoms with Crippen LogP contribution in [0.15, 0.2) is 54.9 Å². The fraction of sp³-hybridized carbons (Fsp3) is 0.316. The first-order valence-corrected chi connectivity index (χ1v) is 8.79. The standard InChI is InChI=1S/C19H20N6/c1-2-6-15(7-3-1)17-12-18(25-19(22-17)20-14-21-25)24-11-8-16(13-24)23-9-4-5-10-23/h1-7,12,14,16H,8-11,13H2/t16-/m0/s1. The van der Waals surface area contributed by atoms with E-state index in [4.69, 9.17) is 0 Å². The highest BCUT2D eigenvalue weighted by Crippen LogP contribution is 2.27. The Hall–Kier alpha value is -2.73. The Labute approximate surface area is 146 Å². The molecule has 2 aliphatic rings. The van der Waals surface area contributed by atoms with Crippen molar-refractivity contribution in [1.82, 2.24) is 24.5 Å². The van der Waals surface area contributed by atoms with Crippen LogP contribution in [0.1, 0.15) is 6.42 Å². The second kappa shape index (κ2) is 5.97. The fourth-order valence-corrected chi connectivity index (χ4v) is 3.82. The maximum Gasteiger partial charge on any atom is 0.254 e. The molecule has 1 fully saturated rings. The molecule has 0 bridgehead atoms. The highest BCUT2D eigenvalue weighted by molar-refractivity contribution is 5.65. The van der Waals surface area contributed by atoms with Crippen molar-refractivity contribution in [1.29, 1.82) is 0 Å². The second-order valence-corrected chi connectivity index (χ2v) is 6.65. The first-order chi connectivity index (χ1) is 12.4. The smallest absolute Gasteiger partial charge is 0.254 e. The van der Waals surface area contributed by atoms with Gasteiger partial charge in [-0.3, -0.25) is 4.90 Å². The van der Waals surface area contributed by atoms with Crippen LogP contribution >= 0.6 is 0 Å². The van der Waals surface area contributed by atoms with Crippen molar-refractivity contribution in [2.24, 2.45) is 0 Å². The molecule has 0 aliphatic carbocycles. The summed E-state index contributed by atoms with van der Waals surface area (Å²) in [5.74, 6) is 1.73. The van der Waals surface area contributed by atoms with E-state index in [2.05, 4.69) is 55.2 Å². The number of aromatic nitrogens is 4. The van der Waals surface area contributed by atoms with Crippen LogP contribution < -0.4 is 4.90 Å². The Morgan fingerprint density at radius 3 is 2.72 bits per heavy atom. The number of fused-ring (bicyclic) bond motifs is 1. The predicted molar refractivity (Wildman–Crippen MR) is 97.5 cm³/mol. The van der Waals surface area contributed by atoms with Crippen LogP contribution in [-0.2, 0) is 0 Å². The van der Waals surface area contributed by atoms with Crippen molar-refractivity contribution in [3.05, 3.63) is 54.9 Å². The lowest BCUT2D eigenvalue weighted by Crippen LogP contribution is -2.36. The van der Waals surface area contributed by atoms with E-state index < -0.39 is 0 Å². The SMILES string of the molecule is C1=CCN([C@H]2CCN(c3cc(-c4ccccc4)nc4ncnn34)C2)C1. The molecule has 2 aliphatic heterocycles. The van der Waals surface area contributed by atoms with Gasteiger partial charge in [-0.2, -0.15) is 14.6 Å². The lowest BCUT2D eigenvalue weighted by Gasteiger charge is -2.24. The summed E-state index contributed by atoms with van der Waals surface area (Å²) in [6.07, 6.45) is 7.29. The number of nitrogens with zero attached hydrogens (tertiary/aromatic N) is 6. The summed E-state index contributed by atoms with van der Waals surface area (Å²) in [6, 6.07) is 13.0. The minimum atomic E-state index is 0.599. The zero-order valence-corrected chi connectivity index (χ0v) is 14.0. The normalized spacial score (nSPS) is 20.8. The molecule has 0 spiro atoms. The highest BCUT2D eigenvalue weighted by atomic mass is 15.4. The Kier molecular flexibility index (Phi) is 3.48. The highest BCUT2D eigenvalue weighted by Gasteiger charge is 2.29. The van der Waals surface area contributed by atoms with Gasteiger partial charge in [-0.25, -0.2) is 4.98 Å². The maximum absolute atomic E-state index is 4.68. The van der Waals surface area contributed by atoms with E-state index in [1.165, 1.54) is 6.42 Å². The zero-order valence-electron chi connectivity index (χ0n) is 14.0. The van der Waals surface area contributed by atoms with Gasteiger partial charge in [0.25, 0.3) is 5.78 Å². The van der Waals surface area contributed by atoms with Crippen LogP contribution in [0.2, 0.25) is 0 Å². The molecule has 5 rings (SSSR count). The Balaban J connectivity index is 1.51. The molecular formula is C19H20N6. The van der Waals surface area contributed by atoms with Crippen molar-refractivity contribution in [2.45, 2.75) is 12.5 Å². The summed E-state index contributed by atoms with van der Waals surface area (Å²) in [5.41, 5.74) is 2.05. The Bertz CT molecular complexity index is 908. The molecule has 2 aromatic heterocycles. The third-order valence-corrected chi connectivity index (χ3v) is 5.15. The molecule has 1 aromatic carbocycles.